The summed E-state index contributed by atoms with van der Waals surface area (Å²) in [6.45, 7) is 7.29. The molecule has 3 rings (SSSR count). The number of azo groups is 1. The van der Waals surface area contributed by atoms with Crippen molar-refractivity contribution in [1.29, 1.82) is 5.26 Å². The van der Waals surface area contributed by atoms with Gasteiger partial charge < -0.3 is 5.11 Å². The average molecular weight is 386 g/mol. The van der Waals surface area contributed by atoms with Crippen LogP contribution in [0.25, 0.3) is 0 Å². The fourth-order valence-corrected chi connectivity index (χ4v) is 3.29. The molecule has 0 amide bonds. The predicted molar refractivity (Wildman–Crippen MR) is 112 cm³/mol. The fourth-order valence-electron chi connectivity index (χ4n) is 3.29. The molecule has 0 fully saturated rings. The van der Waals surface area contributed by atoms with E-state index in [-0.39, 0.29) is 17.1 Å². The maximum absolute atomic E-state index is 13.2. The Kier molecular flexibility index (Phi) is 5.60. The van der Waals surface area contributed by atoms with Crippen LogP contribution in [0.5, 0.6) is 5.88 Å². The van der Waals surface area contributed by atoms with E-state index in [1.165, 1.54) is 4.57 Å². The molecule has 0 aliphatic rings. The molecule has 2 aromatic carbocycles. The molecular weight excluding hydrogens is 364 g/mol. The van der Waals surface area contributed by atoms with Gasteiger partial charge in [0.15, 0.2) is 5.69 Å². The van der Waals surface area contributed by atoms with Crippen molar-refractivity contribution >= 4 is 11.4 Å². The number of rotatable bonds is 4. The first-order valence-corrected chi connectivity index (χ1v) is 9.27. The van der Waals surface area contributed by atoms with E-state index in [1.54, 1.807) is 13.8 Å². The van der Waals surface area contributed by atoms with Crippen molar-refractivity contribution in [2.45, 2.75) is 33.7 Å². The van der Waals surface area contributed by atoms with Gasteiger partial charge in [-0.3, -0.25) is 9.36 Å². The highest BCUT2D eigenvalue weighted by Gasteiger charge is 2.23. The highest BCUT2D eigenvalue weighted by atomic mass is 16.3. The lowest BCUT2D eigenvalue weighted by atomic mass is 10.1. The van der Waals surface area contributed by atoms with Gasteiger partial charge >= 0.3 is 0 Å². The van der Waals surface area contributed by atoms with Gasteiger partial charge in [0.05, 0.1) is 11.7 Å². The minimum atomic E-state index is -0.496. The SMILES string of the molecule is Cc1ccc(N=Nc2c(C)c(C#N)c(O)n(C(C)c3ccccc3)c2=O)c(C)c1. The van der Waals surface area contributed by atoms with Gasteiger partial charge in [0.2, 0.25) is 5.88 Å². The smallest absolute Gasteiger partial charge is 0.282 e. The molecular formula is C23H22N4O2. The minimum absolute atomic E-state index is 0.0157. The predicted octanol–water partition coefficient (Wildman–Crippen LogP) is 5.38. The summed E-state index contributed by atoms with van der Waals surface area (Å²) in [5.41, 5.74) is 3.38. The van der Waals surface area contributed by atoms with Gasteiger partial charge in [0.25, 0.3) is 5.56 Å². The number of hydrogen-bond donors (Lipinski definition) is 1. The van der Waals surface area contributed by atoms with Gasteiger partial charge in [-0.2, -0.15) is 10.4 Å². The molecule has 29 heavy (non-hydrogen) atoms. The van der Waals surface area contributed by atoms with Crippen molar-refractivity contribution in [2.75, 3.05) is 0 Å². The van der Waals surface area contributed by atoms with Crippen molar-refractivity contribution in [1.82, 2.24) is 4.57 Å². The minimum Gasteiger partial charge on any atom is -0.493 e. The zero-order valence-electron chi connectivity index (χ0n) is 16.8. The topological polar surface area (TPSA) is 90.7 Å². The van der Waals surface area contributed by atoms with Crippen LogP contribution < -0.4 is 5.56 Å². The van der Waals surface area contributed by atoms with Gasteiger partial charge in [0, 0.05) is 5.56 Å². The second-order valence-electron chi connectivity index (χ2n) is 7.04. The summed E-state index contributed by atoms with van der Waals surface area (Å²) >= 11 is 0. The van der Waals surface area contributed by atoms with Crippen LogP contribution in [-0.4, -0.2) is 9.67 Å². The number of aromatic hydroxyl groups is 1. The van der Waals surface area contributed by atoms with Gasteiger partial charge in [-0.05, 0) is 44.9 Å². The fraction of sp³-hybridized carbons (Fsp3) is 0.217. The van der Waals surface area contributed by atoms with E-state index in [2.05, 4.69) is 10.2 Å². The van der Waals surface area contributed by atoms with Crippen LogP contribution in [0.1, 0.15) is 40.8 Å². The van der Waals surface area contributed by atoms with E-state index in [9.17, 15) is 15.2 Å². The summed E-state index contributed by atoms with van der Waals surface area (Å²) in [6, 6.07) is 16.5. The molecule has 0 radical (unpaired) electrons. The Balaban J connectivity index is 2.19. The average Bonchev–Trinajstić information content (AvgIpc) is 2.70. The summed E-state index contributed by atoms with van der Waals surface area (Å²) < 4.78 is 1.19. The van der Waals surface area contributed by atoms with Gasteiger partial charge in [-0.1, -0.05) is 48.0 Å². The molecule has 6 nitrogen and oxygen atoms in total. The second kappa shape index (κ2) is 8.11. The van der Waals surface area contributed by atoms with E-state index >= 15 is 0 Å². The number of benzene rings is 2. The first kappa shape index (κ1) is 20.0. The Morgan fingerprint density at radius 1 is 1.07 bits per heavy atom. The summed E-state index contributed by atoms with van der Waals surface area (Å²) in [7, 11) is 0. The molecule has 3 aromatic rings. The Morgan fingerprint density at radius 2 is 1.76 bits per heavy atom. The van der Waals surface area contributed by atoms with Crippen LogP contribution in [-0.2, 0) is 0 Å². The number of hydrogen-bond acceptors (Lipinski definition) is 5. The standard InChI is InChI=1S/C23H22N4O2/c1-14-10-11-20(15(2)12-14)25-26-21-16(3)19(13-24)22(28)27(23(21)29)17(4)18-8-6-5-7-9-18/h5-12,17,28H,1-4H3. The zero-order valence-corrected chi connectivity index (χ0v) is 16.8. The van der Waals surface area contributed by atoms with Crippen molar-refractivity contribution in [3.63, 3.8) is 0 Å². The number of pyridine rings is 1. The first-order valence-electron chi connectivity index (χ1n) is 9.27. The monoisotopic (exact) mass is 386 g/mol. The number of aromatic nitrogens is 1. The van der Waals surface area contributed by atoms with Gasteiger partial charge in [0.1, 0.15) is 11.6 Å². The van der Waals surface area contributed by atoms with Crippen molar-refractivity contribution in [2.24, 2.45) is 10.2 Å². The molecule has 1 atom stereocenters. The molecule has 0 saturated carbocycles. The van der Waals surface area contributed by atoms with Gasteiger partial charge in [-0.15, -0.1) is 5.11 Å². The molecule has 0 aliphatic heterocycles. The maximum Gasteiger partial charge on any atom is 0.282 e. The number of nitriles is 1. The Labute approximate surface area is 169 Å². The molecule has 1 aromatic heterocycles. The van der Waals surface area contributed by atoms with E-state index < -0.39 is 11.6 Å². The Morgan fingerprint density at radius 3 is 2.38 bits per heavy atom. The van der Waals surface area contributed by atoms with E-state index in [1.807, 2.05) is 68.4 Å². The highest BCUT2D eigenvalue weighted by Crippen LogP contribution is 2.31. The lowest BCUT2D eigenvalue weighted by Crippen LogP contribution is -2.25. The normalized spacial score (nSPS) is 12.1. The van der Waals surface area contributed by atoms with Crippen LogP contribution in [0.15, 0.2) is 63.6 Å². The molecule has 1 N–H and O–H groups in total. The Bertz CT molecular complexity index is 1190. The summed E-state index contributed by atoms with van der Waals surface area (Å²) in [6.07, 6.45) is 0. The quantitative estimate of drug-likeness (QED) is 0.611. The third-order valence-electron chi connectivity index (χ3n) is 4.99. The lowest BCUT2D eigenvalue weighted by molar-refractivity contribution is 0.393. The van der Waals surface area contributed by atoms with Gasteiger partial charge in [-0.25, -0.2) is 0 Å². The van der Waals surface area contributed by atoms with Crippen LogP contribution in [0.4, 0.5) is 11.4 Å². The first-order chi connectivity index (χ1) is 13.8. The van der Waals surface area contributed by atoms with E-state index in [4.69, 9.17) is 0 Å². The second-order valence-corrected chi connectivity index (χ2v) is 7.04. The van der Waals surface area contributed by atoms with Crippen molar-refractivity contribution < 1.29 is 5.11 Å². The van der Waals surface area contributed by atoms with E-state index in [0.717, 1.165) is 16.7 Å². The van der Waals surface area contributed by atoms with Crippen LogP contribution in [0.3, 0.4) is 0 Å². The summed E-state index contributed by atoms with van der Waals surface area (Å²) in [5.74, 6) is -0.364. The van der Waals surface area contributed by atoms with Crippen LogP contribution in [0.2, 0.25) is 0 Å². The molecule has 0 saturated heterocycles. The molecule has 0 spiro atoms. The largest absolute Gasteiger partial charge is 0.493 e. The summed E-state index contributed by atoms with van der Waals surface area (Å²) in [5, 5.41) is 28.6. The molecule has 6 heteroatoms. The highest BCUT2D eigenvalue weighted by molar-refractivity contribution is 5.57. The maximum atomic E-state index is 13.2. The zero-order chi connectivity index (χ0) is 21.1. The van der Waals surface area contributed by atoms with E-state index in [0.29, 0.717) is 11.3 Å². The third-order valence-corrected chi connectivity index (χ3v) is 4.99. The third kappa shape index (κ3) is 3.81. The van der Waals surface area contributed by atoms with Crippen molar-refractivity contribution in [3.05, 3.63) is 86.7 Å². The molecule has 0 aliphatic carbocycles. The van der Waals surface area contributed by atoms with Crippen molar-refractivity contribution in [3.8, 4) is 11.9 Å². The van der Waals surface area contributed by atoms with Crippen LogP contribution in [0, 0.1) is 32.1 Å². The van der Waals surface area contributed by atoms with Crippen LogP contribution >= 0.6 is 0 Å². The molecule has 0 bridgehead atoms. The molecule has 1 heterocycles. The lowest BCUT2D eigenvalue weighted by Gasteiger charge is -2.19. The number of aryl methyl sites for hydroxylation is 2. The number of nitrogens with zero attached hydrogens (tertiary/aromatic N) is 4. The molecule has 1 unspecified atom stereocenters. The molecule has 146 valence electrons. The Hall–Kier alpha value is -3.72. The summed E-state index contributed by atoms with van der Waals surface area (Å²) in [4.78, 5) is 13.2.